The monoisotopic (exact) mass is 314 g/mol. The van der Waals surface area contributed by atoms with Gasteiger partial charge >= 0.3 is 5.97 Å². The molecule has 0 aliphatic carbocycles. The second-order valence-corrected chi connectivity index (χ2v) is 5.63. The van der Waals surface area contributed by atoms with Crippen molar-refractivity contribution >= 4 is 5.97 Å². The maximum atomic E-state index is 13.1. The summed E-state index contributed by atoms with van der Waals surface area (Å²) in [4.78, 5) is 11.7. The molecule has 126 valence electrons. The summed E-state index contributed by atoms with van der Waals surface area (Å²) >= 11 is 0. The predicted molar refractivity (Wildman–Crippen MR) is 81.1 cm³/mol. The van der Waals surface area contributed by atoms with Gasteiger partial charge in [0, 0.05) is 0 Å². The van der Waals surface area contributed by atoms with Crippen molar-refractivity contribution in [3.05, 3.63) is 5.82 Å². The third kappa shape index (κ3) is 7.47. The molecule has 7 heteroatoms. The van der Waals surface area contributed by atoms with Crippen molar-refractivity contribution in [3.63, 3.8) is 0 Å². The van der Waals surface area contributed by atoms with Crippen LogP contribution >= 0.6 is 0 Å². The number of nitrogens with zero attached hydrogens (tertiary/aromatic N) is 4. The number of unbranched alkanes of at least 4 members (excludes halogenated alkanes) is 9. The fraction of sp³-hybridized carbons (Fsp3) is 0.867. The first-order chi connectivity index (χ1) is 10.6. The van der Waals surface area contributed by atoms with E-state index < -0.39 is 12.1 Å². The third-order valence-corrected chi connectivity index (χ3v) is 3.62. The molecule has 6 nitrogen and oxygen atoms in total. The molecule has 1 aromatic rings. The summed E-state index contributed by atoms with van der Waals surface area (Å²) in [6.07, 6.45) is 10.1. The van der Waals surface area contributed by atoms with Crippen LogP contribution in [0.4, 0.5) is 4.39 Å². The molecule has 0 saturated carbocycles. The first-order valence-corrected chi connectivity index (χ1v) is 8.29. The first-order valence-electron chi connectivity index (χ1n) is 8.29. The minimum atomic E-state index is -2.19. The Morgan fingerprint density at radius 1 is 1.09 bits per heavy atom. The number of alkyl halides is 1. The molecule has 0 aromatic carbocycles. The van der Waals surface area contributed by atoms with Crippen LogP contribution in [0.25, 0.3) is 0 Å². The van der Waals surface area contributed by atoms with E-state index in [1.54, 1.807) is 0 Å². The van der Waals surface area contributed by atoms with Gasteiger partial charge in [-0.05, 0) is 11.6 Å². The maximum absolute atomic E-state index is 13.1. The van der Waals surface area contributed by atoms with Crippen molar-refractivity contribution in [1.82, 2.24) is 20.2 Å². The Hall–Kier alpha value is -1.53. The van der Waals surface area contributed by atoms with Crippen LogP contribution < -0.4 is 0 Å². The zero-order valence-electron chi connectivity index (χ0n) is 13.4. The van der Waals surface area contributed by atoms with E-state index in [4.69, 9.17) is 5.11 Å². The number of rotatable bonds is 13. The van der Waals surface area contributed by atoms with Gasteiger partial charge in [-0.2, -0.15) is 4.80 Å². The summed E-state index contributed by atoms with van der Waals surface area (Å²) in [5.41, 5.74) is 0. The molecule has 1 aromatic heterocycles. The number of aliphatic carboxylic acids is 1. The van der Waals surface area contributed by atoms with E-state index >= 15 is 0 Å². The quantitative estimate of drug-likeness (QED) is 0.562. The van der Waals surface area contributed by atoms with Crippen molar-refractivity contribution in [2.24, 2.45) is 0 Å². The highest BCUT2D eigenvalue weighted by Gasteiger charge is 2.23. The van der Waals surface area contributed by atoms with Gasteiger partial charge in [-0.15, -0.1) is 10.2 Å². The van der Waals surface area contributed by atoms with Gasteiger partial charge in [-0.1, -0.05) is 64.7 Å². The van der Waals surface area contributed by atoms with Gasteiger partial charge in [-0.3, -0.25) is 0 Å². The van der Waals surface area contributed by atoms with Crippen LogP contribution in [0.3, 0.4) is 0 Å². The van der Waals surface area contributed by atoms with Crippen LogP contribution in [0.2, 0.25) is 0 Å². The molecule has 1 heterocycles. The number of carboxylic acids is 1. The highest BCUT2D eigenvalue weighted by molar-refractivity contribution is 5.72. The zero-order valence-corrected chi connectivity index (χ0v) is 13.4. The molecule has 1 unspecified atom stereocenters. The number of carbonyl (C=O) groups is 1. The minimum Gasteiger partial charge on any atom is -0.479 e. The molecule has 0 aliphatic rings. The SMILES string of the molecule is CCCCCCCCCCCCn1nnc(C(F)C(=O)O)n1. The summed E-state index contributed by atoms with van der Waals surface area (Å²) < 4.78 is 13.1. The molecule has 22 heavy (non-hydrogen) atoms. The van der Waals surface area contributed by atoms with E-state index in [0.29, 0.717) is 6.54 Å². The second-order valence-electron chi connectivity index (χ2n) is 5.63. The van der Waals surface area contributed by atoms with Crippen molar-refractivity contribution < 1.29 is 14.3 Å². The summed E-state index contributed by atoms with van der Waals surface area (Å²) in [6.45, 7) is 2.78. The molecular formula is C15H27FN4O2. The van der Waals surface area contributed by atoms with Crippen LogP contribution in [0.1, 0.15) is 83.1 Å². The van der Waals surface area contributed by atoms with E-state index in [9.17, 15) is 9.18 Å². The number of carboxylic acid groups (broad SMARTS) is 1. The van der Waals surface area contributed by atoms with Crippen LogP contribution in [-0.2, 0) is 11.3 Å². The van der Waals surface area contributed by atoms with Gasteiger partial charge in [0.2, 0.25) is 5.82 Å². The van der Waals surface area contributed by atoms with Crippen LogP contribution in [0.5, 0.6) is 0 Å². The standard InChI is InChI=1S/C15H27FN4O2/c1-2-3-4-5-6-7-8-9-10-11-12-20-18-14(17-19-20)13(16)15(21)22/h13H,2-12H2,1H3,(H,21,22). The topological polar surface area (TPSA) is 80.9 Å². The second kappa shape index (κ2) is 11.1. The van der Waals surface area contributed by atoms with E-state index in [0.717, 1.165) is 12.8 Å². The van der Waals surface area contributed by atoms with Crippen molar-refractivity contribution in [1.29, 1.82) is 0 Å². The Balaban J connectivity index is 2.02. The number of hydrogen-bond acceptors (Lipinski definition) is 4. The van der Waals surface area contributed by atoms with E-state index in [1.165, 1.54) is 56.2 Å². The van der Waals surface area contributed by atoms with Crippen molar-refractivity contribution in [2.45, 2.75) is 83.8 Å². The fourth-order valence-corrected chi connectivity index (χ4v) is 2.30. The van der Waals surface area contributed by atoms with Crippen LogP contribution in [0, 0.1) is 0 Å². The summed E-state index contributed by atoms with van der Waals surface area (Å²) in [7, 11) is 0. The molecule has 0 aliphatic heterocycles. The highest BCUT2D eigenvalue weighted by atomic mass is 19.1. The van der Waals surface area contributed by atoms with Crippen molar-refractivity contribution in [3.8, 4) is 0 Å². The van der Waals surface area contributed by atoms with Gasteiger partial charge in [0.15, 0.2) is 0 Å². The molecule has 0 bridgehead atoms. The molecule has 1 N–H and O–H groups in total. The lowest BCUT2D eigenvalue weighted by atomic mass is 10.1. The minimum absolute atomic E-state index is 0.375. The maximum Gasteiger partial charge on any atom is 0.346 e. The number of aromatic nitrogens is 4. The third-order valence-electron chi connectivity index (χ3n) is 3.62. The van der Waals surface area contributed by atoms with Gasteiger partial charge in [0.05, 0.1) is 6.54 Å². The largest absolute Gasteiger partial charge is 0.479 e. The molecule has 0 saturated heterocycles. The Morgan fingerprint density at radius 2 is 1.64 bits per heavy atom. The highest BCUT2D eigenvalue weighted by Crippen LogP contribution is 2.12. The Morgan fingerprint density at radius 3 is 2.18 bits per heavy atom. The Bertz CT molecular complexity index is 425. The molecular weight excluding hydrogens is 287 g/mol. The summed E-state index contributed by atoms with van der Waals surface area (Å²) in [6, 6.07) is 0. The number of hydrogen-bond donors (Lipinski definition) is 1. The molecule has 0 fully saturated rings. The average Bonchev–Trinajstić information content (AvgIpc) is 2.97. The summed E-state index contributed by atoms with van der Waals surface area (Å²) in [5, 5.41) is 19.4. The van der Waals surface area contributed by atoms with E-state index in [1.807, 2.05) is 0 Å². The lowest BCUT2D eigenvalue weighted by Crippen LogP contribution is -2.09. The molecule has 0 radical (unpaired) electrons. The first kappa shape index (κ1) is 18.5. The van der Waals surface area contributed by atoms with Crippen molar-refractivity contribution in [2.75, 3.05) is 0 Å². The molecule has 0 amide bonds. The Kier molecular flexibility index (Phi) is 9.34. The fourth-order valence-electron chi connectivity index (χ4n) is 2.30. The predicted octanol–water partition coefficient (Wildman–Crippen LogP) is 3.69. The van der Waals surface area contributed by atoms with Gasteiger partial charge < -0.3 is 5.11 Å². The lowest BCUT2D eigenvalue weighted by molar-refractivity contribution is -0.143. The number of tetrazole rings is 1. The van der Waals surface area contributed by atoms with Gasteiger partial charge in [0.1, 0.15) is 0 Å². The Labute approximate surface area is 131 Å². The van der Waals surface area contributed by atoms with Gasteiger partial charge in [0.25, 0.3) is 6.17 Å². The van der Waals surface area contributed by atoms with Crippen LogP contribution in [-0.4, -0.2) is 31.3 Å². The number of aryl methyl sites for hydroxylation is 1. The molecule has 1 atom stereocenters. The van der Waals surface area contributed by atoms with Crippen LogP contribution in [0.15, 0.2) is 0 Å². The summed E-state index contributed by atoms with van der Waals surface area (Å²) in [5.74, 6) is -1.96. The zero-order chi connectivity index (χ0) is 16.2. The molecule has 0 spiro atoms. The van der Waals surface area contributed by atoms with Gasteiger partial charge in [-0.25, -0.2) is 9.18 Å². The molecule has 1 rings (SSSR count). The smallest absolute Gasteiger partial charge is 0.346 e. The normalized spacial score (nSPS) is 12.5. The average molecular weight is 314 g/mol. The van der Waals surface area contributed by atoms with E-state index in [2.05, 4.69) is 22.3 Å². The number of halogens is 1. The van der Waals surface area contributed by atoms with E-state index in [-0.39, 0.29) is 5.82 Å². The lowest BCUT2D eigenvalue weighted by Gasteiger charge is -2.02.